The van der Waals surface area contributed by atoms with E-state index in [4.69, 9.17) is 5.84 Å². The number of rotatable bonds is 5. The molecule has 0 radical (unpaired) electrons. The van der Waals surface area contributed by atoms with Crippen LogP contribution in [0.4, 0.5) is 0 Å². The van der Waals surface area contributed by atoms with Gasteiger partial charge in [-0.3, -0.25) is 11.3 Å². The van der Waals surface area contributed by atoms with E-state index < -0.39 is 0 Å². The molecule has 2 nitrogen and oxygen atoms in total. The van der Waals surface area contributed by atoms with Crippen LogP contribution in [0.2, 0.25) is 0 Å². The fraction of sp³-hybridized carbons (Fsp3) is 1.00. The topological polar surface area (TPSA) is 38.0 Å². The molecule has 0 aromatic heterocycles. The summed E-state index contributed by atoms with van der Waals surface area (Å²) in [7, 11) is 0. The van der Waals surface area contributed by atoms with Crippen molar-refractivity contribution in [2.45, 2.75) is 58.9 Å². The van der Waals surface area contributed by atoms with E-state index in [0.717, 1.165) is 17.8 Å². The molecule has 2 heteroatoms. The van der Waals surface area contributed by atoms with Crippen molar-refractivity contribution in [1.82, 2.24) is 5.43 Å². The maximum atomic E-state index is 5.65. The fourth-order valence-electron chi connectivity index (χ4n) is 2.61. The molecule has 0 aromatic rings. The summed E-state index contributed by atoms with van der Waals surface area (Å²) in [5.41, 5.74) is 3.03. The largest absolute Gasteiger partial charge is 0.271 e. The minimum Gasteiger partial charge on any atom is -0.271 e. The van der Waals surface area contributed by atoms with Crippen LogP contribution in [0.1, 0.15) is 52.9 Å². The van der Waals surface area contributed by atoms with Crippen molar-refractivity contribution in [3.05, 3.63) is 0 Å². The second kappa shape index (κ2) is 5.72. The molecular formula is C12H26N2. The molecule has 0 bridgehead atoms. The van der Waals surface area contributed by atoms with E-state index in [2.05, 4.69) is 26.2 Å². The zero-order valence-electron chi connectivity index (χ0n) is 9.92. The standard InChI is InChI=1S/C12H26N2/c1-4-9(2)8-12(14-13)11-6-5-10(3)7-11/h9-12,14H,4-8,13H2,1-3H3. The van der Waals surface area contributed by atoms with Crippen LogP contribution in [0.5, 0.6) is 0 Å². The van der Waals surface area contributed by atoms with E-state index in [1.54, 1.807) is 0 Å². The lowest BCUT2D eigenvalue weighted by Gasteiger charge is -2.25. The summed E-state index contributed by atoms with van der Waals surface area (Å²) in [6.45, 7) is 6.94. The lowest BCUT2D eigenvalue weighted by Crippen LogP contribution is -2.41. The van der Waals surface area contributed by atoms with E-state index >= 15 is 0 Å². The highest BCUT2D eigenvalue weighted by Gasteiger charge is 2.28. The van der Waals surface area contributed by atoms with Crippen molar-refractivity contribution < 1.29 is 0 Å². The van der Waals surface area contributed by atoms with Gasteiger partial charge in [0.15, 0.2) is 0 Å². The van der Waals surface area contributed by atoms with Gasteiger partial charge in [0.25, 0.3) is 0 Å². The molecule has 0 amide bonds. The van der Waals surface area contributed by atoms with Gasteiger partial charge < -0.3 is 0 Å². The van der Waals surface area contributed by atoms with Crippen LogP contribution in [0.25, 0.3) is 0 Å². The summed E-state index contributed by atoms with van der Waals surface area (Å²) in [6.07, 6.45) is 6.63. The lowest BCUT2D eigenvalue weighted by atomic mass is 9.89. The van der Waals surface area contributed by atoms with Crippen LogP contribution in [-0.2, 0) is 0 Å². The lowest BCUT2D eigenvalue weighted by molar-refractivity contribution is 0.296. The van der Waals surface area contributed by atoms with Crippen molar-refractivity contribution in [2.75, 3.05) is 0 Å². The average molecular weight is 198 g/mol. The van der Waals surface area contributed by atoms with Crippen LogP contribution in [-0.4, -0.2) is 6.04 Å². The molecule has 4 atom stereocenters. The monoisotopic (exact) mass is 198 g/mol. The third-order valence-electron chi connectivity index (χ3n) is 3.87. The number of hydrazine groups is 1. The van der Waals surface area contributed by atoms with E-state index in [1.807, 2.05) is 0 Å². The van der Waals surface area contributed by atoms with Crippen molar-refractivity contribution >= 4 is 0 Å². The zero-order valence-corrected chi connectivity index (χ0v) is 9.92. The maximum absolute atomic E-state index is 5.65. The molecule has 1 aliphatic carbocycles. The number of nitrogens with two attached hydrogens (primary N) is 1. The van der Waals surface area contributed by atoms with Gasteiger partial charge in [-0.15, -0.1) is 0 Å². The smallest absolute Gasteiger partial charge is 0.0241 e. The number of nitrogens with one attached hydrogen (secondary N) is 1. The Labute approximate surface area is 88.6 Å². The van der Waals surface area contributed by atoms with E-state index in [-0.39, 0.29) is 0 Å². The van der Waals surface area contributed by atoms with Gasteiger partial charge in [-0.05, 0) is 37.0 Å². The van der Waals surface area contributed by atoms with Gasteiger partial charge in [0.2, 0.25) is 0 Å². The van der Waals surface area contributed by atoms with Crippen LogP contribution in [0.3, 0.4) is 0 Å². The quantitative estimate of drug-likeness (QED) is 0.526. The summed E-state index contributed by atoms with van der Waals surface area (Å²) in [4.78, 5) is 0. The predicted molar refractivity (Wildman–Crippen MR) is 61.7 cm³/mol. The van der Waals surface area contributed by atoms with Crippen molar-refractivity contribution in [3.63, 3.8) is 0 Å². The third-order valence-corrected chi connectivity index (χ3v) is 3.87. The Hall–Kier alpha value is -0.0800. The van der Waals surface area contributed by atoms with Crippen molar-refractivity contribution in [1.29, 1.82) is 0 Å². The van der Waals surface area contributed by atoms with E-state index in [1.165, 1.54) is 32.1 Å². The first-order valence-corrected chi connectivity index (χ1v) is 6.13. The molecule has 0 saturated heterocycles. The van der Waals surface area contributed by atoms with E-state index in [9.17, 15) is 0 Å². The molecule has 0 heterocycles. The summed E-state index contributed by atoms with van der Waals surface area (Å²) >= 11 is 0. The van der Waals surface area contributed by atoms with Gasteiger partial charge in [0.05, 0.1) is 0 Å². The molecule has 0 aliphatic heterocycles. The molecule has 4 unspecified atom stereocenters. The molecule has 1 aliphatic rings. The molecule has 0 spiro atoms. The number of hydrogen-bond acceptors (Lipinski definition) is 2. The Morgan fingerprint density at radius 2 is 2.14 bits per heavy atom. The first-order valence-electron chi connectivity index (χ1n) is 6.13. The highest BCUT2D eigenvalue weighted by Crippen LogP contribution is 2.34. The van der Waals surface area contributed by atoms with Gasteiger partial charge in [-0.2, -0.15) is 0 Å². The highest BCUT2D eigenvalue weighted by atomic mass is 15.2. The van der Waals surface area contributed by atoms with Crippen molar-refractivity contribution in [2.24, 2.45) is 23.6 Å². The van der Waals surface area contributed by atoms with E-state index in [0.29, 0.717) is 6.04 Å². The molecular weight excluding hydrogens is 172 g/mol. The van der Waals surface area contributed by atoms with Gasteiger partial charge in [-0.1, -0.05) is 33.6 Å². The third kappa shape index (κ3) is 3.25. The van der Waals surface area contributed by atoms with Crippen LogP contribution in [0.15, 0.2) is 0 Å². The normalized spacial score (nSPS) is 31.7. The Morgan fingerprint density at radius 3 is 2.57 bits per heavy atom. The minimum absolute atomic E-state index is 0.551. The maximum Gasteiger partial charge on any atom is 0.0241 e. The molecule has 3 N–H and O–H groups in total. The fourth-order valence-corrected chi connectivity index (χ4v) is 2.61. The van der Waals surface area contributed by atoms with Crippen molar-refractivity contribution in [3.8, 4) is 0 Å². The molecule has 1 fully saturated rings. The highest BCUT2D eigenvalue weighted by molar-refractivity contribution is 4.82. The Kier molecular flexibility index (Phi) is 4.90. The first-order chi connectivity index (χ1) is 6.67. The first kappa shape index (κ1) is 12.0. The van der Waals surface area contributed by atoms with Gasteiger partial charge in [0, 0.05) is 6.04 Å². The summed E-state index contributed by atoms with van der Waals surface area (Å²) in [6, 6.07) is 0.551. The SMILES string of the molecule is CCC(C)CC(NN)C1CCC(C)C1. The number of hydrogen-bond donors (Lipinski definition) is 2. The summed E-state index contributed by atoms with van der Waals surface area (Å²) in [5, 5.41) is 0. The van der Waals surface area contributed by atoms with Gasteiger partial charge in [-0.25, -0.2) is 0 Å². The molecule has 84 valence electrons. The Balaban J connectivity index is 2.37. The van der Waals surface area contributed by atoms with Gasteiger partial charge >= 0.3 is 0 Å². The van der Waals surface area contributed by atoms with Crippen LogP contribution in [0, 0.1) is 17.8 Å². The average Bonchev–Trinajstić information content (AvgIpc) is 2.60. The summed E-state index contributed by atoms with van der Waals surface area (Å²) in [5.74, 6) is 8.18. The summed E-state index contributed by atoms with van der Waals surface area (Å²) < 4.78 is 0. The zero-order chi connectivity index (χ0) is 10.6. The van der Waals surface area contributed by atoms with Crippen LogP contribution >= 0.6 is 0 Å². The predicted octanol–water partition coefficient (Wildman–Crippen LogP) is 2.69. The second-order valence-corrected chi connectivity index (χ2v) is 5.20. The van der Waals surface area contributed by atoms with Crippen LogP contribution < -0.4 is 11.3 Å². The molecule has 0 aromatic carbocycles. The Bertz CT molecular complexity index is 158. The van der Waals surface area contributed by atoms with Gasteiger partial charge in [0.1, 0.15) is 0 Å². The molecule has 14 heavy (non-hydrogen) atoms. The minimum atomic E-state index is 0.551. The molecule has 1 rings (SSSR count). The second-order valence-electron chi connectivity index (χ2n) is 5.20. The molecule has 1 saturated carbocycles. The Morgan fingerprint density at radius 1 is 1.43 bits per heavy atom.